The van der Waals surface area contributed by atoms with Crippen molar-refractivity contribution in [2.24, 2.45) is 0 Å². The molecule has 22 heavy (non-hydrogen) atoms. The monoisotopic (exact) mass is 346 g/mol. The van der Waals surface area contributed by atoms with E-state index in [9.17, 15) is 9.59 Å². The Bertz CT molecular complexity index is 528. The number of benzene rings is 1. The summed E-state index contributed by atoms with van der Waals surface area (Å²) in [5, 5.41) is 5.58. The Balaban J connectivity index is 2.66. The molecule has 1 aromatic rings. The minimum absolute atomic E-state index is 0.382. The molecule has 0 unspecified atom stereocenters. The highest BCUT2D eigenvalue weighted by Crippen LogP contribution is 2.27. The maximum atomic E-state index is 12.0. The lowest BCUT2D eigenvalue weighted by molar-refractivity contribution is -0.142. The molecular formula is C14H19ClN2O4S. The van der Waals surface area contributed by atoms with Crippen molar-refractivity contribution in [2.45, 2.75) is 12.5 Å². The fraction of sp³-hybridized carbons (Fsp3) is 0.429. The fourth-order valence-corrected chi connectivity index (χ4v) is 2.43. The van der Waals surface area contributed by atoms with Gasteiger partial charge in [0.2, 0.25) is 0 Å². The summed E-state index contributed by atoms with van der Waals surface area (Å²) < 4.78 is 9.72. The highest BCUT2D eigenvalue weighted by Gasteiger charge is 2.21. The van der Waals surface area contributed by atoms with Gasteiger partial charge in [0.25, 0.3) is 0 Å². The molecule has 0 aliphatic rings. The fourth-order valence-electron chi connectivity index (χ4n) is 1.70. The summed E-state index contributed by atoms with van der Waals surface area (Å²) in [5.41, 5.74) is 0.497. The lowest BCUT2D eigenvalue weighted by Crippen LogP contribution is -2.44. The third kappa shape index (κ3) is 5.65. The molecule has 0 saturated heterocycles. The number of esters is 1. The van der Waals surface area contributed by atoms with Crippen LogP contribution in [0.2, 0.25) is 5.02 Å². The van der Waals surface area contributed by atoms with Crippen LogP contribution in [0.25, 0.3) is 0 Å². The van der Waals surface area contributed by atoms with Crippen LogP contribution >= 0.6 is 23.4 Å². The van der Waals surface area contributed by atoms with Gasteiger partial charge in [0, 0.05) is 5.69 Å². The number of carbonyl (C=O) groups excluding carboxylic acids is 2. The SMILES string of the molecule is COC(=O)[C@H](CCSC)NC(=O)Nc1ccc(OC)c(Cl)c1. The largest absolute Gasteiger partial charge is 0.495 e. The van der Waals surface area contributed by atoms with Crippen LogP contribution in [-0.4, -0.2) is 44.3 Å². The average molecular weight is 347 g/mol. The molecule has 0 fully saturated rings. The predicted molar refractivity (Wildman–Crippen MR) is 89.0 cm³/mol. The topological polar surface area (TPSA) is 76.7 Å². The number of urea groups is 1. The lowest BCUT2D eigenvalue weighted by Gasteiger charge is -2.16. The Kier molecular flexibility index (Phi) is 7.90. The van der Waals surface area contributed by atoms with Crippen molar-refractivity contribution in [3.8, 4) is 5.75 Å². The van der Waals surface area contributed by atoms with Crippen molar-refractivity contribution in [1.82, 2.24) is 5.32 Å². The van der Waals surface area contributed by atoms with Gasteiger partial charge < -0.3 is 20.1 Å². The number of carbonyl (C=O) groups is 2. The van der Waals surface area contributed by atoms with Gasteiger partial charge in [0.05, 0.1) is 19.2 Å². The number of hydrogen-bond acceptors (Lipinski definition) is 5. The van der Waals surface area contributed by atoms with E-state index in [1.165, 1.54) is 14.2 Å². The van der Waals surface area contributed by atoms with Crippen molar-refractivity contribution in [2.75, 3.05) is 31.5 Å². The van der Waals surface area contributed by atoms with Crippen LogP contribution in [0, 0.1) is 0 Å². The summed E-state index contributed by atoms with van der Waals surface area (Å²) in [6, 6.07) is 3.67. The van der Waals surface area contributed by atoms with E-state index in [0.717, 1.165) is 5.75 Å². The van der Waals surface area contributed by atoms with E-state index in [1.807, 2.05) is 6.26 Å². The summed E-state index contributed by atoms with van der Waals surface area (Å²) in [6.45, 7) is 0. The van der Waals surface area contributed by atoms with Gasteiger partial charge >= 0.3 is 12.0 Å². The number of anilines is 1. The molecule has 0 aliphatic carbocycles. The second kappa shape index (κ2) is 9.42. The van der Waals surface area contributed by atoms with E-state index in [-0.39, 0.29) is 0 Å². The Morgan fingerprint density at radius 1 is 1.36 bits per heavy atom. The highest BCUT2D eigenvalue weighted by atomic mass is 35.5. The van der Waals surface area contributed by atoms with Crippen LogP contribution in [-0.2, 0) is 9.53 Å². The molecule has 0 spiro atoms. The first-order valence-corrected chi connectivity index (χ1v) is 8.26. The van der Waals surface area contributed by atoms with E-state index < -0.39 is 18.0 Å². The number of halogens is 1. The Hall–Kier alpha value is -1.60. The zero-order valence-electron chi connectivity index (χ0n) is 12.6. The zero-order chi connectivity index (χ0) is 16.5. The molecule has 122 valence electrons. The second-order valence-electron chi connectivity index (χ2n) is 4.31. The first kappa shape index (κ1) is 18.4. The molecule has 1 rings (SSSR count). The molecule has 0 radical (unpaired) electrons. The quantitative estimate of drug-likeness (QED) is 0.742. The third-order valence-corrected chi connectivity index (χ3v) is 3.75. The van der Waals surface area contributed by atoms with E-state index in [4.69, 9.17) is 16.3 Å². The van der Waals surface area contributed by atoms with Crippen LogP contribution in [0.5, 0.6) is 5.75 Å². The smallest absolute Gasteiger partial charge is 0.328 e. The van der Waals surface area contributed by atoms with Crippen molar-refractivity contribution >= 4 is 41.1 Å². The van der Waals surface area contributed by atoms with E-state index in [1.54, 1.807) is 30.0 Å². The normalized spacial score (nSPS) is 11.5. The van der Waals surface area contributed by atoms with Gasteiger partial charge in [0.15, 0.2) is 0 Å². The molecule has 0 aliphatic heterocycles. The first-order valence-electron chi connectivity index (χ1n) is 6.49. The number of nitrogens with one attached hydrogen (secondary N) is 2. The van der Waals surface area contributed by atoms with Crippen molar-refractivity contribution < 1.29 is 19.1 Å². The van der Waals surface area contributed by atoms with Crippen LogP contribution in [0.15, 0.2) is 18.2 Å². The molecule has 0 aromatic heterocycles. The minimum Gasteiger partial charge on any atom is -0.495 e. The first-order chi connectivity index (χ1) is 10.5. The molecule has 2 N–H and O–H groups in total. The summed E-state index contributed by atoms with van der Waals surface area (Å²) in [6.07, 6.45) is 2.42. The maximum absolute atomic E-state index is 12.0. The van der Waals surface area contributed by atoms with Gasteiger partial charge in [-0.2, -0.15) is 11.8 Å². The molecule has 8 heteroatoms. The Morgan fingerprint density at radius 3 is 2.64 bits per heavy atom. The molecule has 0 heterocycles. The van der Waals surface area contributed by atoms with E-state index in [0.29, 0.717) is 22.9 Å². The Morgan fingerprint density at radius 2 is 2.09 bits per heavy atom. The molecule has 6 nitrogen and oxygen atoms in total. The standard InChI is InChI=1S/C14H19ClN2O4S/c1-20-12-5-4-9(8-10(12)15)16-14(19)17-11(6-7-22-3)13(18)21-2/h4-5,8,11H,6-7H2,1-3H3,(H2,16,17,19)/t11-/m0/s1. The third-order valence-electron chi connectivity index (χ3n) is 2.81. The Labute approximate surface area is 138 Å². The van der Waals surface area contributed by atoms with Crippen LogP contribution in [0.3, 0.4) is 0 Å². The zero-order valence-corrected chi connectivity index (χ0v) is 14.2. The van der Waals surface area contributed by atoms with Gasteiger partial charge in [-0.25, -0.2) is 9.59 Å². The lowest BCUT2D eigenvalue weighted by atomic mass is 10.2. The molecular weight excluding hydrogens is 328 g/mol. The number of ether oxygens (including phenoxy) is 2. The molecule has 0 saturated carbocycles. The van der Waals surface area contributed by atoms with E-state index >= 15 is 0 Å². The van der Waals surface area contributed by atoms with Gasteiger partial charge in [-0.15, -0.1) is 0 Å². The highest BCUT2D eigenvalue weighted by molar-refractivity contribution is 7.98. The summed E-state index contributed by atoms with van der Waals surface area (Å²) in [7, 11) is 2.80. The van der Waals surface area contributed by atoms with Crippen molar-refractivity contribution in [1.29, 1.82) is 0 Å². The van der Waals surface area contributed by atoms with Crippen molar-refractivity contribution in [3.63, 3.8) is 0 Å². The second-order valence-corrected chi connectivity index (χ2v) is 5.70. The molecule has 2 amide bonds. The van der Waals surface area contributed by atoms with Gasteiger partial charge in [-0.05, 0) is 36.6 Å². The number of amides is 2. The average Bonchev–Trinajstić information content (AvgIpc) is 2.50. The molecule has 0 bridgehead atoms. The van der Waals surface area contributed by atoms with E-state index in [2.05, 4.69) is 15.4 Å². The van der Waals surface area contributed by atoms with Gasteiger partial charge in [-0.3, -0.25) is 0 Å². The van der Waals surface area contributed by atoms with Crippen LogP contribution < -0.4 is 15.4 Å². The summed E-state index contributed by atoms with van der Waals surface area (Å²) in [5.74, 6) is 0.769. The molecule has 1 aromatic carbocycles. The number of methoxy groups -OCH3 is 2. The summed E-state index contributed by atoms with van der Waals surface area (Å²) >= 11 is 7.57. The molecule has 1 atom stereocenters. The van der Waals surface area contributed by atoms with Gasteiger partial charge in [-0.1, -0.05) is 11.6 Å². The number of rotatable bonds is 7. The van der Waals surface area contributed by atoms with Gasteiger partial charge in [0.1, 0.15) is 11.8 Å². The number of hydrogen-bond donors (Lipinski definition) is 2. The summed E-state index contributed by atoms with van der Waals surface area (Å²) in [4.78, 5) is 23.6. The van der Waals surface area contributed by atoms with Crippen LogP contribution in [0.1, 0.15) is 6.42 Å². The predicted octanol–water partition coefficient (Wildman–Crippen LogP) is 2.76. The number of thioether (sulfide) groups is 1. The van der Waals surface area contributed by atoms with Crippen LogP contribution in [0.4, 0.5) is 10.5 Å². The minimum atomic E-state index is -0.689. The maximum Gasteiger partial charge on any atom is 0.328 e. The van der Waals surface area contributed by atoms with Crippen molar-refractivity contribution in [3.05, 3.63) is 23.2 Å².